The van der Waals surface area contributed by atoms with Crippen LogP contribution in [0.15, 0.2) is 24.3 Å². The first-order chi connectivity index (χ1) is 8.18. The second-order valence-corrected chi connectivity index (χ2v) is 4.41. The molecule has 0 spiro atoms. The van der Waals surface area contributed by atoms with Gasteiger partial charge in [0.05, 0.1) is 25.2 Å². The van der Waals surface area contributed by atoms with Crippen molar-refractivity contribution in [2.75, 3.05) is 13.2 Å². The van der Waals surface area contributed by atoms with E-state index in [-0.39, 0.29) is 12.3 Å². The first-order valence-corrected chi connectivity index (χ1v) is 5.87. The number of ether oxygens (including phenoxy) is 1. The standard InChI is InChI=1S/C13H18N2O2/c1-2-15-13(7-12(14)16)9-17-8-10-5-3-4-6-11(10)13/h3-6,15H,2,7-9H2,1H3,(H2,14,16). The molecule has 0 saturated carbocycles. The van der Waals surface area contributed by atoms with Crippen molar-refractivity contribution in [3.05, 3.63) is 35.4 Å². The predicted molar refractivity (Wildman–Crippen MR) is 65.3 cm³/mol. The topological polar surface area (TPSA) is 64.3 Å². The summed E-state index contributed by atoms with van der Waals surface area (Å²) in [6, 6.07) is 8.04. The van der Waals surface area contributed by atoms with Crippen LogP contribution in [0, 0.1) is 0 Å². The van der Waals surface area contributed by atoms with E-state index in [1.807, 2.05) is 31.2 Å². The fraction of sp³-hybridized carbons (Fsp3) is 0.462. The summed E-state index contributed by atoms with van der Waals surface area (Å²) in [5.74, 6) is -0.314. The summed E-state index contributed by atoms with van der Waals surface area (Å²) in [5.41, 5.74) is 7.16. The molecule has 4 heteroatoms. The van der Waals surface area contributed by atoms with E-state index in [2.05, 4.69) is 5.32 Å². The lowest BCUT2D eigenvalue weighted by molar-refractivity contribution is -0.120. The Kier molecular flexibility index (Phi) is 3.45. The first kappa shape index (κ1) is 12.1. The van der Waals surface area contributed by atoms with Crippen molar-refractivity contribution in [2.45, 2.75) is 25.5 Å². The van der Waals surface area contributed by atoms with E-state index in [4.69, 9.17) is 10.5 Å². The number of amides is 1. The Labute approximate surface area is 101 Å². The molecule has 17 heavy (non-hydrogen) atoms. The van der Waals surface area contributed by atoms with E-state index in [0.717, 1.165) is 17.7 Å². The maximum Gasteiger partial charge on any atom is 0.219 e. The van der Waals surface area contributed by atoms with Gasteiger partial charge in [-0.05, 0) is 17.7 Å². The molecule has 0 aliphatic carbocycles. The molecule has 0 saturated heterocycles. The molecule has 1 aromatic rings. The Hall–Kier alpha value is -1.39. The van der Waals surface area contributed by atoms with Crippen LogP contribution in [0.25, 0.3) is 0 Å². The van der Waals surface area contributed by atoms with Crippen LogP contribution in [-0.4, -0.2) is 19.1 Å². The summed E-state index contributed by atoms with van der Waals surface area (Å²) in [4.78, 5) is 11.3. The molecule has 3 N–H and O–H groups in total. The zero-order valence-corrected chi connectivity index (χ0v) is 10.0. The number of carbonyl (C=O) groups is 1. The lowest BCUT2D eigenvalue weighted by atomic mass is 9.82. The summed E-state index contributed by atoms with van der Waals surface area (Å²) < 4.78 is 5.60. The molecule has 0 aromatic heterocycles. The molecule has 0 fully saturated rings. The number of hydrogen-bond donors (Lipinski definition) is 2. The van der Waals surface area contributed by atoms with E-state index >= 15 is 0 Å². The lowest BCUT2D eigenvalue weighted by Gasteiger charge is -2.39. The molecule has 1 amide bonds. The summed E-state index contributed by atoms with van der Waals surface area (Å²) >= 11 is 0. The Morgan fingerprint density at radius 1 is 1.53 bits per heavy atom. The Morgan fingerprint density at radius 3 is 3.00 bits per heavy atom. The van der Waals surface area contributed by atoms with Crippen LogP contribution in [0.1, 0.15) is 24.5 Å². The minimum atomic E-state index is -0.463. The van der Waals surface area contributed by atoms with Crippen LogP contribution in [0.3, 0.4) is 0 Å². The third-order valence-electron chi connectivity index (χ3n) is 3.13. The van der Waals surface area contributed by atoms with Crippen LogP contribution in [0.4, 0.5) is 0 Å². The highest BCUT2D eigenvalue weighted by Crippen LogP contribution is 2.32. The molecule has 92 valence electrons. The number of primary amides is 1. The van der Waals surface area contributed by atoms with Gasteiger partial charge in [-0.25, -0.2) is 0 Å². The third-order valence-corrected chi connectivity index (χ3v) is 3.13. The Bertz CT molecular complexity index is 420. The molecule has 2 rings (SSSR count). The maximum absolute atomic E-state index is 11.3. The quantitative estimate of drug-likeness (QED) is 0.813. The zero-order valence-electron chi connectivity index (χ0n) is 10.0. The predicted octanol–water partition coefficient (Wildman–Crippen LogP) is 0.897. The maximum atomic E-state index is 11.3. The summed E-state index contributed by atoms with van der Waals surface area (Å²) in [6.45, 7) is 3.87. The molecule has 1 aromatic carbocycles. The van der Waals surface area contributed by atoms with E-state index < -0.39 is 5.54 Å². The summed E-state index contributed by atoms with van der Waals surface area (Å²) in [7, 11) is 0. The van der Waals surface area contributed by atoms with E-state index in [9.17, 15) is 4.79 Å². The highest BCUT2D eigenvalue weighted by atomic mass is 16.5. The number of rotatable bonds is 4. The molecule has 1 unspecified atom stereocenters. The van der Waals surface area contributed by atoms with Gasteiger partial charge < -0.3 is 15.8 Å². The van der Waals surface area contributed by atoms with E-state index in [0.29, 0.717) is 13.2 Å². The monoisotopic (exact) mass is 234 g/mol. The number of likely N-dealkylation sites (N-methyl/N-ethyl adjacent to an activating group) is 1. The number of nitrogens with two attached hydrogens (primary N) is 1. The van der Waals surface area contributed by atoms with Crippen LogP contribution in [0.5, 0.6) is 0 Å². The number of hydrogen-bond acceptors (Lipinski definition) is 3. The highest BCUT2D eigenvalue weighted by molar-refractivity contribution is 5.75. The highest BCUT2D eigenvalue weighted by Gasteiger charge is 2.37. The van der Waals surface area contributed by atoms with Crippen LogP contribution in [0.2, 0.25) is 0 Å². The molecule has 1 atom stereocenters. The minimum absolute atomic E-state index is 0.262. The number of benzene rings is 1. The molecular weight excluding hydrogens is 216 g/mol. The smallest absolute Gasteiger partial charge is 0.219 e. The SMILES string of the molecule is CCNC1(CC(N)=O)COCc2ccccc21. The van der Waals surface area contributed by atoms with Crippen molar-refractivity contribution in [1.29, 1.82) is 0 Å². The molecule has 0 bridgehead atoms. The first-order valence-electron chi connectivity index (χ1n) is 5.87. The van der Waals surface area contributed by atoms with Gasteiger partial charge in [0.2, 0.25) is 5.91 Å². The number of carbonyl (C=O) groups excluding carboxylic acids is 1. The van der Waals surface area contributed by atoms with Crippen molar-refractivity contribution >= 4 is 5.91 Å². The van der Waals surface area contributed by atoms with Gasteiger partial charge >= 0.3 is 0 Å². The van der Waals surface area contributed by atoms with Crippen molar-refractivity contribution in [3.8, 4) is 0 Å². The fourth-order valence-electron chi connectivity index (χ4n) is 2.52. The van der Waals surface area contributed by atoms with Crippen LogP contribution < -0.4 is 11.1 Å². The normalized spacial score (nSPS) is 23.1. The molecule has 1 aliphatic heterocycles. The van der Waals surface area contributed by atoms with E-state index in [1.165, 1.54) is 0 Å². The Balaban J connectivity index is 2.43. The van der Waals surface area contributed by atoms with Crippen molar-refractivity contribution in [3.63, 3.8) is 0 Å². The molecule has 0 radical (unpaired) electrons. The average molecular weight is 234 g/mol. The zero-order chi connectivity index (χ0) is 12.3. The molecular formula is C13H18N2O2. The summed E-state index contributed by atoms with van der Waals surface area (Å²) in [6.07, 6.45) is 0.262. The lowest BCUT2D eigenvalue weighted by Crippen LogP contribution is -2.51. The summed E-state index contributed by atoms with van der Waals surface area (Å²) in [5, 5.41) is 3.36. The van der Waals surface area contributed by atoms with Gasteiger partial charge in [-0.3, -0.25) is 4.79 Å². The Morgan fingerprint density at radius 2 is 2.29 bits per heavy atom. The fourth-order valence-corrected chi connectivity index (χ4v) is 2.52. The van der Waals surface area contributed by atoms with E-state index in [1.54, 1.807) is 0 Å². The number of nitrogens with one attached hydrogen (secondary N) is 1. The minimum Gasteiger partial charge on any atom is -0.374 e. The van der Waals surface area contributed by atoms with Gasteiger partial charge in [0, 0.05) is 0 Å². The largest absolute Gasteiger partial charge is 0.374 e. The van der Waals surface area contributed by atoms with Crippen molar-refractivity contribution in [1.82, 2.24) is 5.32 Å². The van der Waals surface area contributed by atoms with Gasteiger partial charge in [-0.1, -0.05) is 31.2 Å². The van der Waals surface area contributed by atoms with Crippen LogP contribution in [-0.2, 0) is 21.7 Å². The molecule has 4 nitrogen and oxygen atoms in total. The average Bonchev–Trinajstić information content (AvgIpc) is 2.29. The van der Waals surface area contributed by atoms with Gasteiger partial charge in [-0.15, -0.1) is 0 Å². The van der Waals surface area contributed by atoms with Crippen molar-refractivity contribution < 1.29 is 9.53 Å². The third kappa shape index (κ3) is 2.33. The van der Waals surface area contributed by atoms with Gasteiger partial charge in [0.1, 0.15) is 0 Å². The van der Waals surface area contributed by atoms with Gasteiger partial charge in [0.25, 0.3) is 0 Å². The molecule has 1 heterocycles. The molecule has 1 aliphatic rings. The second kappa shape index (κ2) is 4.85. The van der Waals surface area contributed by atoms with Crippen molar-refractivity contribution in [2.24, 2.45) is 5.73 Å². The number of fused-ring (bicyclic) bond motifs is 1. The van der Waals surface area contributed by atoms with Gasteiger partial charge in [0.15, 0.2) is 0 Å². The van der Waals surface area contributed by atoms with Crippen LogP contribution >= 0.6 is 0 Å². The van der Waals surface area contributed by atoms with Gasteiger partial charge in [-0.2, -0.15) is 0 Å². The second-order valence-electron chi connectivity index (χ2n) is 4.41.